The molecule has 4 rings (SSSR count). The standard InChI is InChI=1S/C28H31N3O8S/c1-16-20-23(34)31(28(5,6)25(35)39-27(2,3)4)26(36)30(24(20)40-21(16)22-29-12-13-37-22)14-18(38-15-19(32)33)17-10-8-7-9-11-17/h7-13,18H,14-15H2,1-6H3,(H,32,33). The molecule has 1 atom stereocenters. The van der Waals surface area contributed by atoms with Gasteiger partial charge in [-0.25, -0.2) is 23.9 Å². The zero-order valence-electron chi connectivity index (χ0n) is 23.1. The lowest BCUT2D eigenvalue weighted by Crippen LogP contribution is -2.54. The van der Waals surface area contributed by atoms with E-state index < -0.39 is 47.0 Å². The van der Waals surface area contributed by atoms with Gasteiger partial charge in [0.15, 0.2) is 0 Å². The first-order chi connectivity index (χ1) is 18.7. The van der Waals surface area contributed by atoms with Gasteiger partial charge < -0.3 is 19.0 Å². The van der Waals surface area contributed by atoms with Crippen molar-refractivity contribution in [1.82, 2.24) is 14.1 Å². The third kappa shape index (κ3) is 5.63. The van der Waals surface area contributed by atoms with Gasteiger partial charge in [0, 0.05) is 0 Å². The van der Waals surface area contributed by atoms with Crippen molar-refractivity contribution < 1.29 is 28.6 Å². The van der Waals surface area contributed by atoms with Crippen molar-refractivity contribution >= 4 is 33.5 Å². The Kier molecular flexibility index (Phi) is 7.86. The fraction of sp³-hybridized carbons (Fsp3) is 0.393. The number of benzene rings is 1. The maximum atomic E-state index is 14.1. The Balaban J connectivity index is 2.00. The number of nitrogens with zero attached hydrogens (tertiary/aromatic N) is 3. The molecule has 0 amide bonds. The summed E-state index contributed by atoms with van der Waals surface area (Å²) in [7, 11) is 0. The Bertz CT molecular complexity index is 1660. The van der Waals surface area contributed by atoms with Crippen LogP contribution < -0.4 is 11.2 Å². The van der Waals surface area contributed by atoms with Gasteiger partial charge in [-0.2, -0.15) is 0 Å². The number of rotatable bonds is 9. The average Bonchev–Trinajstić information content (AvgIpc) is 3.51. The number of carbonyl (C=O) groups excluding carboxylic acids is 1. The molecule has 40 heavy (non-hydrogen) atoms. The highest BCUT2D eigenvalue weighted by Gasteiger charge is 2.39. The minimum atomic E-state index is -1.68. The van der Waals surface area contributed by atoms with Gasteiger partial charge in [-0.3, -0.25) is 9.36 Å². The van der Waals surface area contributed by atoms with E-state index in [0.717, 1.165) is 15.9 Å². The van der Waals surface area contributed by atoms with Crippen molar-refractivity contribution in [1.29, 1.82) is 0 Å². The van der Waals surface area contributed by atoms with Crippen LogP contribution >= 0.6 is 11.3 Å². The minimum Gasteiger partial charge on any atom is -0.480 e. The summed E-state index contributed by atoms with van der Waals surface area (Å²) in [5.74, 6) is -1.66. The van der Waals surface area contributed by atoms with Crippen LogP contribution in [0.2, 0.25) is 0 Å². The van der Waals surface area contributed by atoms with Gasteiger partial charge in [0.25, 0.3) is 5.56 Å². The molecule has 212 valence electrons. The Hall–Kier alpha value is -4.03. The van der Waals surface area contributed by atoms with E-state index in [9.17, 15) is 24.3 Å². The lowest BCUT2D eigenvalue weighted by Gasteiger charge is -2.30. The molecule has 3 aromatic heterocycles. The van der Waals surface area contributed by atoms with E-state index in [1.807, 2.05) is 0 Å². The molecule has 0 aliphatic carbocycles. The molecular formula is C28H31N3O8S. The van der Waals surface area contributed by atoms with Gasteiger partial charge in [0.1, 0.15) is 34.9 Å². The largest absolute Gasteiger partial charge is 0.480 e. The van der Waals surface area contributed by atoms with Crippen LogP contribution in [0, 0.1) is 6.92 Å². The lowest BCUT2D eigenvalue weighted by molar-refractivity contribution is -0.164. The number of thiophene rings is 1. The molecule has 3 heterocycles. The number of ether oxygens (including phenoxy) is 2. The number of aromatic nitrogens is 3. The van der Waals surface area contributed by atoms with Gasteiger partial charge >= 0.3 is 17.6 Å². The number of aliphatic carboxylic acids is 1. The van der Waals surface area contributed by atoms with Crippen molar-refractivity contribution in [3.05, 3.63) is 74.8 Å². The van der Waals surface area contributed by atoms with Crippen molar-refractivity contribution in [3.63, 3.8) is 0 Å². The maximum Gasteiger partial charge on any atom is 0.333 e. The first-order valence-electron chi connectivity index (χ1n) is 12.5. The molecule has 11 nitrogen and oxygen atoms in total. The highest BCUT2D eigenvalue weighted by atomic mass is 32.1. The maximum absolute atomic E-state index is 14.1. The summed E-state index contributed by atoms with van der Waals surface area (Å²) in [5, 5.41) is 9.49. The summed E-state index contributed by atoms with van der Waals surface area (Å²) >= 11 is 1.14. The Morgan fingerprint density at radius 1 is 1.12 bits per heavy atom. The van der Waals surface area contributed by atoms with Crippen LogP contribution in [-0.4, -0.2) is 43.4 Å². The molecule has 1 unspecified atom stereocenters. The number of esters is 1. The fourth-order valence-electron chi connectivity index (χ4n) is 4.29. The third-order valence-corrected chi connectivity index (χ3v) is 7.53. The topological polar surface area (TPSA) is 143 Å². The van der Waals surface area contributed by atoms with Crippen LogP contribution in [0.3, 0.4) is 0 Å². The van der Waals surface area contributed by atoms with Crippen LogP contribution in [0.25, 0.3) is 21.0 Å². The molecule has 0 aliphatic rings. The van der Waals surface area contributed by atoms with E-state index in [0.29, 0.717) is 20.8 Å². The number of carbonyl (C=O) groups is 2. The van der Waals surface area contributed by atoms with Crippen molar-refractivity contribution in [3.8, 4) is 10.8 Å². The number of hydrogen-bond donors (Lipinski definition) is 1. The molecule has 12 heteroatoms. The van der Waals surface area contributed by atoms with E-state index in [2.05, 4.69) is 4.98 Å². The first-order valence-corrected chi connectivity index (χ1v) is 13.3. The first kappa shape index (κ1) is 29.0. The normalized spacial score (nSPS) is 12.9. The van der Waals surface area contributed by atoms with E-state index in [1.165, 1.54) is 30.9 Å². The molecule has 0 fully saturated rings. The number of carboxylic acids is 1. The predicted molar refractivity (Wildman–Crippen MR) is 149 cm³/mol. The molecule has 0 radical (unpaired) electrons. The van der Waals surface area contributed by atoms with Crippen LogP contribution in [0.1, 0.15) is 51.8 Å². The van der Waals surface area contributed by atoms with Crippen LogP contribution in [-0.2, 0) is 31.1 Å². The van der Waals surface area contributed by atoms with Crippen molar-refractivity contribution in [2.45, 2.75) is 65.3 Å². The Morgan fingerprint density at radius 2 is 1.80 bits per heavy atom. The van der Waals surface area contributed by atoms with E-state index >= 15 is 0 Å². The summed E-state index contributed by atoms with van der Waals surface area (Å²) in [6.45, 7) is 8.96. The lowest BCUT2D eigenvalue weighted by atomic mass is 10.0. The van der Waals surface area contributed by atoms with Gasteiger partial charge in [0.2, 0.25) is 5.89 Å². The number of carboxylic acid groups (broad SMARTS) is 1. The van der Waals surface area contributed by atoms with Gasteiger partial charge in [0.05, 0.1) is 23.0 Å². The summed E-state index contributed by atoms with van der Waals surface area (Å²) in [6, 6.07) is 8.86. The van der Waals surface area contributed by atoms with E-state index in [1.54, 1.807) is 58.0 Å². The third-order valence-electron chi connectivity index (χ3n) is 6.22. The van der Waals surface area contributed by atoms with Gasteiger partial charge in [-0.1, -0.05) is 30.3 Å². The zero-order chi connectivity index (χ0) is 29.4. The highest BCUT2D eigenvalue weighted by molar-refractivity contribution is 7.22. The summed E-state index contributed by atoms with van der Waals surface area (Å²) in [6.07, 6.45) is 2.02. The number of hydrogen-bond acceptors (Lipinski definition) is 9. The SMILES string of the molecule is Cc1c(-c2ncco2)sc2c1c(=O)n(C(C)(C)C(=O)OC(C)(C)C)c(=O)n2CC(OCC(=O)O)c1ccccc1. The van der Waals surface area contributed by atoms with E-state index in [-0.39, 0.29) is 17.8 Å². The molecule has 1 N–H and O–H groups in total. The highest BCUT2D eigenvalue weighted by Crippen LogP contribution is 2.36. The molecule has 0 bridgehead atoms. The predicted octanol–water partition coefficient (Wildman–Crippen LogP) is 4.11. The summed E-state index contributed by atoms with van der Waals surface area (Å²) < 4.78 is 19.0. The summed E-state index contributed by atoms with van der Waals surface area (Å²) in [5.41, 5.74) is -2.82. The Morgan fingerprint density at radius 3 is 2.38 bits per heavy atom. The van der Waals surface area contributed by atoms with Crippen molar-refractivity contribution in [2.75, 3.05) is 6.61 Å². The molecule has 0 saturated heterocycles. The van der Waals surface area contributed by atoms with Crippen molar-refractivity contribution in [2.24, 2.45) is 0 Å². The average molecular weight is 570 g/mol. The smallest absolute Gasteiger partial charge is 0.333 e. The quantitative estimate of drug-likeness (QED) is 0.295. The number of oxazole rings is 1. The number of fused-ring (bicyclic) bond motifs is 1. The molecule has 1 aromatic carbocycles. The minimum absolute atomic E-state index is 0.137. The van der Waals surface area contributed by atoms with Crippen LogP contribution in [0.15, 0.2) is 56.8 Å². The second-order valence-electron chi connectivity index (χ2n) is 10.8. The number of aryl methyl sites for hydroxylation is 1. The molecule has 0 aliphatic heterocycles. The zero-order valence-corrected chi connectivity index (χ0v) is 23.9. The summed E-state index contributed by atoms with van der Waals surface area (Å²) in [4.78, 5) is 57.8. The van der Waals surface area contributed by atoms with E-state index in [4.69, 9.17) is 13.9 Å². The van der Waals surface area contributed by atoms with Gasteiger partial charge in [-0.05, 0) is 52.7 Å². The van der Waals surface area contributed by atoms with Crippen LogP contribution in [0.4, 0.5) is 0 Å². The molecule has 0 spiro atoms. The fourth-order valence-corrected chi connectivity index (χ4v) is 5.54. The monoisotopic (exact) mass is 569 g/mol. The second kappa shape index (κ2) is 10.9. The molecular weight excluding hydrogens is 538 g/mol. The van der Waals surface area contributed by atoms with Crippen LogP contribution in [0.5, 0.6) is 0 Å². The Labute approximate surface area is 233 Å². The molecule has 0 saturated carbocycles. The second-order valence-corrected chi connectivity index (χ2v) is 11.8. The molecule has 4 aromatic rings. The van der Waals surface area contributed by atoms with Gasteiger partial charge in [-0.15, -0.1) is 11.3 Å².